The third kappa shape index (κ3) is 3.85. The van der Waals surface area contributed by atoms with Gasteiger partial charge in [-0.15, -0.1) is 11.3 Å². The quantitative estimate of drug-likeness (QED) is 0.641. The molecule has 1 aromatic carbocycles. The molecule has 2 aliphatic heterocycles. The van der Waals surface area contributed by atoms with Crippen LogP contribution in [0.5, 0.6) is 0 Å². The fraction of sp³-hybridized carbons (Fsp3) is 0.158. The number of amides is 1. The minimum absolute atomic E-state index is 0.244. The number of nitrogens with one attached hydrogen (secondary N) is 1. The van der Waals surface area contributed by atoms with Gasteiger partial charge in [0.15, 0.2) is 0 Å². The lowest BCUT2D eigenvalue weighted by Gasteiger charge is -2.17. The SMILES string of the molecule is CCN1C(=CC=c2sc(=C3SC(=S)NC3=O)n(CC(=O)O)c2=O)Sc2ccccc21. The first-order chi connectivity index (χ1) is 14.4. The molecule has 1 amide bonds. The minimum atomic E-state index is -1.16. The molecule has 0 spiro atoms. The van der Waals surface area contributed by atoms with Crippen molar-refractivity contribution in [3.05, 3.63) is 54.9 Å². The topological polar surface area (TPSA) is 91.6 Å². The summed E-state index contributed by atoms with van der Waals surface area (Å²) in [6.07, 6.45) is 3.54. The molecular weight excluding hydrogens is 462 g/mol. The van der Waals surface area contributed by atoms with Gasteiger partial charge >= 0.3 is 5.97 Å². The second-order valence-corrected chi connectivity index (χ2v) is 10.00. The summed E-state index contributed by atoms with van der Waals surface area (Å²) in [5.74, 6) is -1.58. The van der Waals surface area contributed by atoms with Gasteiger partial charge in [0, 0.05) is 11.4 Å². The molecule has 2 N–H and O–H groups in total. The van der Waals surface area contributed by atoms with E-state index in [9.17, 15) is 19.5 Å². The maximum atomic E-state index is 12.9. The Balaban J connectivity index is 1.84. The highest BCUT2D eigenvalue weighted by molar-refractivity contribution is 8.30. The molecule has 0 bridgehead atoms. The van der Waals surface area contributed by atoms with Crippen molar-refractivity contribution in [3.63, 3.8) is 0 Å². The first-order valence-electron chi connectivity index (χ1n) is 8.84. The third-order valence-electron chi connectivity index (χ3n) is 4.34. The Morgan fingerprint density at radius 1 is 1.23 bits per heavy atom. The average molecular weight is 478 g/mol. The molecule has 1 aromatic heterocycles. The molecule has 7 nitrogen and oxygen atoms in total. The molecule has 0 unspecified atom stereocenters. The molecule has 2 aliphatic rings. The Kier molecular flexibility index (Phi) is 5.87. The minimum Gasteiger partial charge on any atom is -0.480 e. The van der Waals surface area contributed by atoms with Crippen molar-refractivity contribution in [1.82, 2.24) is 9.88 Å². The van der Waals surface area contributed by atoms with E-state index in [0.717, 1.165) is 49.8 Å². The van der Waals surface area contributed by atoms with Crippen LogP contribution in [0, 0.1) is 0 Å². The van der Waals surface area contributed by atoms with Crippen molar-refractivity contribution in [3.8, 4) is 0 Å². The van der Waals surface area contributed by atoms with Gasteiger partial charge in [0.1, 0.15) is 20.4 Å². The smallest absolute Gasteiger partial charge is 0.323 e. The number of carboxylic acid groups (broad SMARTS) is 1. The first kappa shape index (κ1) is 20.9. The molecule has 0 atom stereocenters. The second kappa shape index (κ2) is 8.42. The van der Waals surface area contributed by atoms with Crippen molar-refractivity contribution in [2.75, 3.05) is 11.4 Å². The van der Waals surface area contributed by atoms with Crippen LogP contribution in [0.4, 0.5) is 5.69 Å². The predicted molar refractivity (Wildman–Crippen MR) is 125 cm³/mol. The summed E-state index contributed by atoms with van der Waals surface area (Å²) in [6, 6.07) is 8.05. The van der Waals surface area contributed by atoms with Crippen LogP contribution in [0.15, 0.2) is 45.1 Å². The number of aliphatic carboxylic acids is 1. The Labute approximate surface area is 188 Å². The number of thioether (sulfide) groups is 2. The van der Waals surface area contributed by atoms with Crippen LogP contribution >= 0.6 is 47.1 Å². The maximum Gasteiger partial charge on any atom is 0.323 e. The van der Waals surface area contributed by atoms with E-state index in [2.05, 4.69) is 17.1 Å². The number of para-hydroxylation sites is 1. The number of carbonyl (C=O) groups excluding carboxylic acids is 1. The lowest BCUT2D eigenvalue weighted by atomic mass is 10.3. The van der Waals surface area contributed by atoms with Gasteiger partial charge in [0.2, 0.25) is 0 Å². The number of thiocarbonyl (C=S) groups is 1. The summed E-state index contributed by atoms with van der Waals surface area (Å²) < 4.78 is 2.04. The molecule has 1 fully saturated rings. The summed E-state index contributed by atoms with van der Waals surface area (Å²) in [5, 5.41) is 12.7. The second-order valence-electron chi connectivity index (χ2n) is 6.21. The monoisotopic (exact) mass is 477 g/mol. The number of thiazole rings is 1. The van der Waals surface area contributed by atoms with Crippen LogP contribution in [0.25, 0.3) is 11.0 Å². The van der Waals surface area contributed by atoms with Gasteiger partial charge < -0.3 is 15.3 Å². The number of hydrogen-bond acceptors (Lipinski definition) is 8. The molecule has 3 heterocycles. The lowest BCUT2D eigenvalue weighted by molar-refractivity contribution is -0.137. The number of nitrogens with zero attached hydrogens (tertiary/aromatic N) is 2. The Bertz CT molecular complexity index is 1290. The van der Waals surface area contributed by atoms with E-state index >= 15 is 0 Å². The van der Waals surface area contributed by atoms with Gasteiger partial charge in [0.05, 0.1) is 15.2 Å². The number of carbonyl (C=O) groups is 2. The van der Waals surface area contributed by atoms with Crippen LogP contribution in [-0.2, 0) is 16.1 Å². The predicted octanol–water partition coefficient (Wildman–Crippen LogP) is 1.50. The Hall–Kier alpha value is -2.34. The molecule has 154 valence electrons. The van der Waals surface area contributed by atoms with Crippen LogP contribution in [0.3, 0.4) is 0 Å². The van der Waals surface area contributed by atoms with Gasteiger partial charge in [-0.2, -0.15) is 0 Å². The average Bonchev–Trinajstić information content (AvgIpc) is 3.33. The van der Waals surface area contributed by atoms with Gasteiger partial charge in [-0.25, -0.2) is 0 Å². The highest BCUT2D eigenvalue weighted by Crippen LogP contribution is 2.45. The summed E-state index contributed by atoms with van der Waals surface area (Å²) in [7, 11) is 0. The van der Waals surface area contributed by atoms with Crippen LogP contribution in [-0.4, -0.2) is 32.4 Å². The normalized spacial score (nSPS) is 19.6. The number of anilines is 1. The van der Waals surface area contributed by atoms with Gasteiger partial charge in [-0.3, -0.25) is 19.0 Å². The molecule has 4 rings (SSSR count). The molecule has 1 saturated heterocycles. The lowest BCUT2D eigenvalue weighted by Crippen LogP contribution is -2.35. The molecule has 0 saturated carbocycles. The zero-order valence-corrected chi connectivity index (χ0v) is 18.8. The molecule has 2 aromatic rings. The number of fused-ring (bicyclic) bond motifs is 1. The summed E-state index contributed by atoms with van der Waals surface area (Å²) in [5.41, 5.74) is 0.666. The number of rotatable bonds is 4. The third-order valence-corrected chi connectivity index (χ3v) is 7.97. The Morgan fingerprint density at radius 2 is 2.00 bits per heavy atom. The summed E-state index contributed by atoms with van der Waals surface area (Å²) in [6.45, 7) is 2.30. The highest BCUT2D eigenvalue weighted by atomic mass is 32.2. The van der Waals surface area contributed by atoms with Crippen LogP contribution < -0.4 is 25.0 Å². The maximum absolute atomic E-state index is 12.9. The number of benzene rings is 1. The van der Waals surface area contributed by atoms with Crippen molar-refractivity contribution < 1.29 is 14.7 Å². The molecule has 30 heavy (non-hydrogen) atoms. The van der Waals surface area contributed by atoms with Crippen molar-refractivity contribution >= 4 is 79.9 Å². The summed E-state index contributed by atoms with van der Waals surface area (Å²) >= 11 is 8.74. The van der Waals surface area contributed by atoms with Gasteiger partial charge in [-0.05, 0) is 31.2 Å². The Morgan fingerprint density at radius 3 is 2.67 bits per heavy atom. The van der Waals surface area contributed by atoms with E-state index in [1.54, 1.807) is 17.8 Å². The summed E-state index contributed by atoms with van der Waals surface area (Å²) in [4.78, 5) is 39.9. The van der Waals surface area contributed by atoms with Gasteiger partial charge in [0.25, 0.3) is 11.5 Å². The number of aromatic nitrogens is 1. The standard InChI is InChI=1S/C19H15N3O4S4/c1-2-21-10-5-3-4-6-11(10)28-13(21)8-7-12-17(26)22(9-14(23)24)18(29-12)15-16(25)20-19(27)30-15/h3-8H,2,9H2,1H3,(H,23,24)(H,20,25,27). The van der Waals surface area contributed by atoms with Crippen molar-refractivity contribution in [2.24, 2.45) is 0 Å². The van der Waals surface area contributed by atoms with Crippen LogP contribution in [0.1, 0.15) is 6.92 Å². The van der Waals surface area contributed by atoms with E-state index in [4.69, 9.17) is 12.2 Å². The number of hydrogen-bond donors (Lipinski definition) is 2. The molecule has 11 heteroatoms. The van der Waals surface area contributed by atoms with Crippen LogP contribution in [0.2, 0.25) is 0 Å². The van der Waals surface area contributed by atoms with E-state index in [1.807, 2.05) is 30.3 Å². The van der Waals surface area contributed by atoms with E-state index in [-0.39, 0.29) is 9.23 Å². The van der Waals surface area contributed by atoms with Gasteiger partial charge in [-0.1, -0.05) is 47.9 Å². The zero-order chi connectivity index (χ0) is 21.4. The van der Waals surface area contributed by atoms with E-state index in [1.165, 1.54) is 0 Å². The highest BCUT2D eigenvalue weighted by Gasteiger charge is 2.26. The molecular formula is C19H15N3O4S4. The molecule has 0 radical (unpaired) electrons. The zero-order valence-electron chi connectivity index (χ0n) is 15.6. The largest absolute Gasteiger partial charge is 0.480 e. The van der Waals surface area contributed by atoms with Crippen molar-refractivity contribution in [1.29, 1.82) is 0 Å². The van der Waals surface area contributed by atoms with E-state index in [0.29, 0.717) is 9.20 Å². The van der Waals surface area contributed by atoms with E-state index < -0.39 is 24.0 Å². The number of allylic oxidation sites excluding steroid dienone is 1. The first-order valence-corrected chi connectivity index (χ1v) is 11.7. The van der Waals surface area contributed by atoms with Crippen molar-refractivity contribution in [2.45, 2.75) is 18.4 Å². The fourth-order valence-electron chi connectivity index (χ4n) is 3.09. The fourth-order valence-corrected chi connectivity index (χ4v) is 6.46. The number of carboxylic acids is 1. The molecule has 0 aliphatic carbocycles.